The van der Waals surface area contributed by atoms with Gasteiger partial charge in [-0.2, -0.15) is 5.26 Å². The number of hydrogen-bond donors (Lipinski definition) is 0. The Labute approximate surface area is 248 Å². The predicted octanol–water partition coefficient (Wildman–Crippen LogP) is 11.3. The van der Waals surface area contributed by atoms with Crippen LogP contribution in [-0.2, 0) is 0 Å². The van der Waals surface area contributed by atoms with Gasteiger partial charge in [-0.15, -0.1) is 0 Å². The Morgan fingerprint density at radius 2 is 1.00 bits per heavy atom. The van der Waals surface area contributed by atoms with Gasteiger partial charge in [0, 0.05) is 16.3 Å². The summed E-state index contributed by atoms with van der Waals surface area (Å²) in [6, 6.07) is 51.6. The van der Waals surface area contributed by atoms with E-state index < -0.39 is 0 Å². The quantitative estimate of drug-likeness (QED) is 0.202. The molecule has 2 heteroatoms. The minimum atomic E-state index is 0.658. The lowest BCUT2D eigenvalue weighted by Gasteiger charge is -2.23. The van der Waals surface area contributed by atoms with E-state index in [4.69, 9.17) is 4.74 Å². The molecular weight excluding hydrogens is 522 g/mol. The molecule has 0 saturated carbocycles. The molecule has 198 valence electrons. The van der Waals surface area contributed by atoms with Crippen molar-refractivity contribution >= 4 is 43.1 Å². The molecule has 1 aliphatic rings. The summed E-state index contributed by atoms with van der Waals surface area (Å²) in [6.07, 6.45) is 0. The molecule has 1 heterocycles. The van der Waals surface area contributed by atoms with E-state index in [0.717, 1.165) is 39.0 Å². The van der Waals surface area contributed by atoms with Gasteiger partial charge < -0.3 is 4.74 Å². The Balaban J connectivity index is 1.34. The predicted molar refractivity (Wildman–Crippen MR) is 178 cm³/mol. The standard InChI is InChI=1S/C41H23NO/c42-24-27-18-20-40-41-28(27)15-8-16-33(41)38-21-26(17-19-39(38)43-40)35-23-37-31-13-6-4-11-29(31)34(25-9-2-1-3-10-25)22-36(37)32-14-7-5-12-30(32)35/h1-23H. The van der Waals surface area contributed by atoms with E-state index >= 15 is 0 Å². The number of nitriles is 1. The molecule has 43 heavy (non-hydrogen) atoms. The van der Waals surface area contributed by atoms with Gasteiger partial charge in [0.1, 0.15) is 11.5 Å². The highest BCUT2D eigenvalue weighted by Crippen LogP contribution is 2.49. The third-order valence-electron chi connectivity index (χ3n) is 8.89. The van der Waals surface area contributed by atoms with Crippen LogP contribution in [0.15, 0.2) is 140 Å². The van der Waals surface area contributed by atoms with Crippen LogP contribution in [0, 0.1) is 11.3 Å². The first-order valence-electron chi connectivity index (χ1n) is 14.5. The number of fused-ring (bicyclic) bond motifs is 7. The van der Waals surface area contributed by atoms with Gasteiger partial charge in [-0.1, -0.05) is 103 Å². The van der Waals surface area contributed by atoms with Crippen LogP contribution in [0.5, 0.6) is 11.5 Å². The van der Waals surface area contributed by atoms with Gasteiger partial charge in [-0.3, -0.25) is 0 Å². The van der Waals surface area contributed by atoms with Crippen molar-refractivity contribution in [2.45, 2.75) is 0 Å². The molecule has 0 radical (unpaired) electrons. The normalized spacial score (nSPS) is 11.9. The third-order valence-corrected chi connectivity index (χ3v) is 8.89. The minimum Gasteiger partial charge on any atom is -0.456 e. The fourth-order valence-corrected chi connectivity index (χ4v) is 6.94. The molecule has 0 atom stereocenters. The van der Waals surface area contributed by atoms with E-state index in [2.05, 4.69) is 121 Å². The Hall–Kier alpha value is -5.91. The zero-order valence-corrected chi connectivity index (χ0v) is 23.1. The highest BCUT2D eigenvalue weighted by Gasteiger charge is 2.22. The van der Waals surface area contributed by atoms with Gasteiger partial charge in [0.15, 0.2) is 0 Å². The first kappa shape index (κ1) is 23.8. The molecule has 0 aliphatic carbocycles. The maximum Gasteiger partial charge on any atom is 0.136 e. The van der Waals surface area contributed by atoms with Crippen LogP contribution < -0.4 is 4.74 Å². The van der Waals surface area contributed by atoms with Gasteiger partial charge in [0.05, 0.1) is 11.6 Å². The second kappa shape index (κ2) is 9.05. The SMILES string of the molecule is N#Cc1ccc2c3c(cccc13)-c1cc(-c3cc4c5ccccc5c(-c5ccccc5)cc4c4ccccc34)ccc1O2. The maximum atomic E-state index is 9.75. The van der Waals surface area contributed by atoms with E-state index in [1.807, 2.05) is 24.3 Å². The number of hydrogen-bond acceptors (Lipinski definition) is 2. The van der Waals surface area contributed by atoms with E-state index in [-0.39, 0.29) is 0 Å². The van der Waals surface area contributed by atoms with Crippen LogP contribution in [0.1, 0.15) is 5.56 Å². The van der Waals surface area contributed by atoms with Gasteiger partial charge >= 0.3 is 0 Å². The van der Waals surface area contributed by atoms with Crippen molar-refractivity contribution in [2.24, 2.45) is 0 Å². The summed E-state index contributed by atoms with van der Waals surface area (Å²) in [7, 11) is 0. The average Bonchev–Trinajstić information content (AvgIpc) is 3.08. The zero-order valence-electron chi connectivity index (χ0n) is 23.1. The largest absolute Gasteiger partial charge is 0.456 e. The Kier molecular flexibility index (Phi) is 5.00. The second-order valence-electron chi connectivity index (χ2n) is 11.2. The summed E-state index contributed by atoms with van der Waals surface area (Å²) >= 11 is 0. The van der Waals surface area contributed by atoms with Crippen LogP contribution in [0.3, 0.4) is 0 Å². The molecule has 1 aliphatic heterocycles. The molecule has 0 amide bonds. The fraction of sp³-hybridized carbons (Fsp3) is 0. The summed E-state index contributed by atoms with van der Waals surface area (Å²) in [6.45, 7) is 0. The molecule has 8 aromatic carbocycles. The molecule has 2 nitrogen and oxygen atoms in total. The zero-order chi connectivity index (χ0) is 28.5. The molecule has 0 saturated heterocycles. The Morgan fingerprint density at radius 1 is 0.395 bits per heavy atom. The van der Waals surface area contributed by atoms with E-state index in [1.165, 1.54) is 49.0 Å². The first-order valence-corrected chi connectivity index (χ1v) is 14.5. The number of benzene rings is 8. The van der Waals surface area contributed by atoms with Crippen LogP contribution in [0.2, 0.25) is 0 Å². The fourth-order valence-electron chi connectivity index (χ4n) is 6.94. The lowest BCUT2D eigenvalue weighted by atomic mass is 9.86. The average molecular weight is 546 g/mol. The summed E-state index contributed by atoms with van der Waals surface area (Å²) in [4.78, 5) is 0. The van der Waals surface area contributed by atoms with Crippen LogP contribution in [0.25, 0.3) is 76.5 Å². The smallest absolute Gasteiger partial charge is 0.136 e. The van der Waals surface area contributed by atoms with Gasteiger partial charge in [-0.25, -0.2) is 0 Å². The van der Waals surface area contributed by atoms with Crippen molar-refractivity contribution in [1.29, 1.82) is 5.26 Å². The molecular formula is C41H23NO. The minimum absolute atomic E-state index is 0.658. The monoisotopic (exact) mass is 545 g/mol. The third kappa shape index (κ3) is 3.46. The van der Waals surface area contributed by atoms with Crippen LogP contribution in [-0.4, -0.2) is 0 Å². The van der Waals surface area contributed by atoms with Crippen LogP contribution in [0.4, 0.5) is 0 Å². The van der Waals surface area contributed by atoms with Crippen molar-refractivity contribution in [3.8, 4) is 50.9 Å². The molecule has 0 aromatic heterocycles. The summed E-state index contributed by atoms with van der Waals surface area (Å²) in [5.41, 5.74) is 7.58. The first-order chi connectivity index (χ1) is 21.3. The maximum absolute atomic E-state index is 9.75. The molecule has 0 bridgehead atoms. The van der Waals surface area contributed by atoms with E-state index in [1.54, 1.807) is 0 Å². The molecule has 0 fully saturated rings. The van der Waals surface area contributed by atoms with Crippen molar-refractivity contribution in [3.63, 3.8) is 0 Å². The van der Waals surface area contributed by atoms with Gasteiger partial charge in [-0.05, 0) is 96.5 Å². The molecule has 9 rings (SSSR count). The van der Waals surface area contributed by atoms with Crippen LogP contribution >= 0.6 is 0 Å². The van der Waals surface area contributed by atoms with Crippen molar-refractivity contribution in [2.75, 3.05) is 0 Å². The topological polar surface area (TPSA) is 33.0 Å². The molecule has 0 unspecified atom stereocenters. The molecule has 0 spiro atoms. The van der Waals surface area contributed by atoms with E-state index in [0.29, 0.717) is 5.56 Å². The molecule has 0 N–H and O–H groups in total. The van der Waals surface area contributed by atoms with Crippen molar-refractivity contribution < 1.29 is 4.74 Å². The molecule has 8 aromatic rings. The van der Waals surface area contributed by atoms with Gasteiger partial charge in [0.25, 0.3) is 0 Å². The summed E-state index contributed by atoms with van der Waals surface area (Å²) < 4.78 is 6.40. The van der Waals surface area contributed by atoms with E-state index in [9.17, 15) is 5.26 Å². The highest BCUT2D eigenvalue weighted by molar-refractivity contribution is 6.24. The lowest BCUT2D eigenvalue weighted by molar-refractivity contribution is 0.487. The van der Waals surface area contributed by atoms with Crippen molar-refractivity contribution in [3.05, 3.63) is 145 Å². The summed E-state index contributed by atoms with van der Waals surface area (Å²) in [5, 5.41) is 19.1. The number of nitrogens with zero attached hydrogens (tertiary/aromatic N) is 1. The highest BCUT2D eigenvalue weighted by atomic mass is 16.5. The Bertz CT molecular complexity index is 2480. The number of rotatable bonds is 2. The van der Waals surface area contributed by atoms with Gasteiger partial charge in [0.2, 0.25) is 0 Å². The lowest BCUT2D eigenvalue weighted by Crippen LogP contribution is -1.98. The summed E-state index contributed by atoms with van der Waals surface area (Å²) in [5.74, 6) is 1.62. The second-order valence-corrected chi connectivity index (χ2v) is 11.2. The number of ether oxygens (including phenoxy) is 1. The Morgan fingerprint density at radius 3 is 1.70 bits per heavy atom. The van der Waals surface area contributed by atoms with Crippen molar-refractivity contribution in [1.82, 2.24) is 0 Å².